The number of aryl methyl sites for hydroxylation is 2. The number of aromatic nitrogens is 4. The van der Waals surface area contributed by atoms with Crippen LogP contribution in [0.15, 0.2) is 87.1 Å². The maximum atomic E-state index is 13.3. The summed E-state index contributed by atoms with van der Waals surface area (Å²) in [5.41, 5.74) is 5.27. The molecule has 0 fully saturated rings. The number of nitrogens with one attached hydrogen (secondary N) is 1. The van der Waals surface area contributed by atoms with Crippen molar-refractivity contribution in [3.05, 3.63) is 126 Å². The van der Waals surface area contributed by atoms with Crippen LogP contribution in [-0.4, -0.2) is 155 Å². The number of nitrogens with zero attached hydrogens (tertiary/aromatic N) is 7. The van der Waals surface area contributed by atoms with Crippen LogP contribution >= 0.6 is 38.9 Å². The third kappa shape index (κ3) is 22.8. The summed E-state index contributed by atoms with van der Waals surface area (Å²) in [6.07, 6.45) is 6.39. The second kappa shape index (κ2) is 37.3. The van der Waals surface area contributed by atoms with Gasteiger partial charge in [-0.3, -0.25) is 23.9 Å². The van der Waals surface area contributed by atoms with Crippen molar-refractivity contribution in [1.82, 2.24) is 25.1 Å². The highest BCUT2D eigenvalue weighted by molar-refractivity contribution is 9.10. The third-order valence-corrected chi connectivity index (χ3v) is 14.6. The van der Waals surface area contributed by atoms with Crippen LogP contribution < -0.4 is 10.1 Å². The van der Waals surface area contributed by atoms with Crippen LogP contribution in [0.3, 0.4) is 0 Å². The molecule has 0 spiro atoms. The van der Waals surface area contributed by atoms with E-state index in [1.54, 1.807) is 41.7 Å². The molecule has 83 heavy (non-hydrogen) atoms. The molecule has 6 rings (SSSR count). The van der Waals surface area contributed by atoms with Gasteiger partial charge in [0.15, 0.2) is 18.2 Å². The Morgan fingerprint density at radius 1 is 0.795 bits per heavy atom. The van der Waals surface area contributed by atoms with Gasteiger partial charge in [-0.05, 0) is 110 Å². The molecule has 0 radical (unpaired) electrons. The lowest BCUT2D eigenvalue weighted by Gasteiger charge is -2.19. The fraction of sp³-hybridized carbons (Fsp3) is 0.483. The number of thiophene rings is 1. The van der Waals surface area contributed by atoms with Gasteiger partial charge in [0.2, 0.25) is 0 Å². The molecule has 5 aromatic rings. The van der Waals surface area contributed by atoms with Crippen LogP contribution in [0, 0.1) is 32.1 Å². The number of carbonyl (C=O) groups excluding carboxylic acids is 3. The lowest BCUT2D eigenvalue weighted by molar-refractivity contribution is -0.124. The highest BCUT2D eigenvalue weighted by Gasteiger charge is 2.32. The molecule has 20 nitrogen and oxygen atoms in total. The second-order valence-corrected chi connectivity index (χ2v) is 21.4. The first-order valence-corrected chi connectivity index (χ1v) is 29.8. The zero-order chi connectivity index (χ0) is 59.0. The number of amides is 1. The fourth-order valence-electron chi connectivity index (χ4n) is 8.46. The maximum absolute atomic E-state index is 13.3. The summed E-state index contributed by atoms with van der Waals surface area (Å²) in [6, 6.07) is 21.4. The van der Waals surface area contributed by atoms with Crippen molar-refractivity contribution >= 4 is 74.3 Å². The highest BCUT2D eigenvalue weighted by Crippen LogP contribution is 2.40. The number of ether oxygens (including phenoxy) is 8. The minimum atomic E-state index is -0.486. The summed E-state index contributed by atoms with van der Waals surface area (Å²) < 4.78 is 47.5. The average Bonchev–Trinajstić information content (AvgIpc) is 2.37. The Morgan fingerprint density at radius 2 is 1.39 bits per heavy atom. The largest absolute Gasteiger partial charge is 0.488 e. The van der Waals surface area contributed by atoms with E-state index in [2.05, 4.69) is 60.0 Å². The van der Waals surface area contributed by atoms with Gasteiger partial charge in [-0.2, -0.15) is 5.26 Å². The maximum Gasteiger partial charge on any atom is 0.262 e. The molecule has 3 aromatic heterocycles. The van der Waals surface area contributed by atoms with Gasteiger partial charge in [-0.1, -0.05) is 60.4 Å². The Morgan fingerprint density at radius 3 is 1.96 bits per heavy atom. The number of benzene rings is 2. The van der Waals surface area contributed by atoms with Crippen molar-refractivity contribution in [2.75, 3.05) is 106 Å². The fourth-order valence-corrected chi connectivity index (χ4v) is 10.2. The summed E-state index contributed by atoms with van der Waals surface area (Å²) >= 11 is 11.2. The van der Waals surface area contributed by atoms with Gasteiger partial charge in [0.1, 0.15) is 51.3 Å². The average molecular weight is 1250 g/mol. The van der Waals surface area contributed by atoms with E-state index in [1.807, 2.05) is 56.3 Å². The topological polar surface area (TPSA) is 238 Å². The molecular weight excluding hydrogens is 1170 g/mol. The molecule has 0 saturated heterocycles. The summed E-state index contributed by atoms with van der Waals surface area (Å²) in [7, 11) is 0. The predicted octanol–water partition coefficient (Wildman–Crippen LogP) is 9.81. The van der Waals surface area contributed by atoms with Crippen molar-refractivity contribution in [2.45, 2.75) is 84.7 Å². The van der Waals surface area contributed by atoms with E-state index >= 15 is 0 Å². The Bertz CT molecular complexity index is 2950. The van der Waals surface area contributed by atoms with E-state index in [1.165, 1.54) is 17.2 Å². The normalized spacial score (nSPS) is 13.5. The smallest absolute Gasteiger partial charge is 0.262 e. The van der Waals surface area contributed by atoms with E-state index in [9.17, 15) is 19.6 Å². The molecule has 23 heteroatoms. The van der Waals surface area contributed by atoms with Crippen molar-refractivity contribution in [1.29, 1.82) is 5.26 Å². The van der Waals surface area contributed by atoms with E-state index in [4.69, 9.17) is 59.3 Å². The Hall–Kier alpha value is -6.10. The standard InChI is InChI=1S/C60H74BrClN8O12S/c1-5-9-53(67-59(73)47(40-63)38-49-10-6-13-55(61)65-49)45-16-20-52(21-17-45)81-25-22-64-82-41-51(72)12-8-24-75-27-29-77-31-33-79-35-37-80-36-34-78-32-30-76-28-26-74-23-7-11-50(71)39-54-58-69-68-44(4)70(58)60-56(42(2)43(3)83-60)57(66-54)46-14-18-48(62)19-15-46/h6,10,13-22,38,53-54H,5,7-9,11-12,23-37,39,41H2,1-4H3,(H,67,73)/b47-38+,64-22?/t53?,54-/m0/s1. The third-order valence-electron chi connectivity index (χ3n) is 12.8. The van der Waals surface area contributed by atoms with Gasteiger partial charge in [-0.25, -0.2) is 4.98 Å². The van der Waals surface area contributed by atoms with Crippen LogP contribution in [0.25, 0.3) is 11.1 Å². The lowest BCUT2D eigenvalue weighted by Crippen LogP contribution is -2.29. The molecule has 1 unspecified atom stereocenters. The molecule has 0 saturated carbocycles. The Kier molecular flexibility index (Phi) is 29.6. The molecule has 1 aliphatic heterocycles. The number of carbonyl (C=O) groups is 3. The zero-order valence-electron chi connectivity index (χ0n) is 47.6. The molecule has 2 aromatic carbocycles. The number of pyridine rings is 1. The van der Waals surface area contributed by atoms with Gasteiger partial charge in [0, 0.05) is 53.5 Å². The van der Waals surface area contributed by atoms with Crippen molar-refractivity contribution in [3.63, 3.8) is 0 Å². The number of fused-ring (bicyclic) bond motifs is 3. The van der Waals surface area contributed by atoms with Crippen LogP contribution in [-0.2, 0) is 52.4 Å². The van der Waals surface area contributed by atoms with Gasteiger partial charge in [0.05, 0.1) is 103 Å². The van der Waals surface area contributed by atoms with Gasteiger partial charge >= 0.3 is 0 Å². The number of rotatable bonds is 41. The van der Waals surface area contributed by atoms with Gasteiger partial charge in [-0.15, -0.1) is 21.5 Å². The summed E-state index contributed by atoms with van der Waals surface area (Å²) in [5, 5.41) is 27.0. The molecule has 0 aliphatic carbocycles. The Labute approximate surface area is 503 Å². The molecule has 0 bridgehead atoms. The van der Waals surface area contributed by atoms with Crippen molar-refractivity contribution in [2.24, 2.45) is 10.1 Å². The zero-order valence-corrected chi connectivity index (χ0v) is 50.8. The number of hydrogen-bond acceptors (Lipinski definition) is 19. The van der Waals surface area contributed by atoms with Crippen LogP contribution in [0.4, 0.5) is 0 Å². The van der Waals surface area contributed by atoms with E-state index in [0.717, 1.165) is 45.2 Å². The number of halogens is 2. The summed E-state index contributed by atoms with van der Waals surface area (Å²) in [6.45, 7) is 14.1. The van der Waals surface area contributed by atoms with E-state index in [0.29, 0.717) is 151 Å². The molecule has 1 N–H and O–H groups in total. The molecule has 4 heterocycles. The number of Topliss-reactive ketones (excluding diaryl/α,β-unsaturated/α-hetero) is 2. The molecular formula is C60H74BrClN8O12S. The van der Waals surface area contributed by atoms with Crippen LogP contribution in [0.1, 0.15) is 108 Å². The number of aliphatic imine (C=N–C) groups is 1. The van der Waals surface area contributed by atoms with E-state index < -0.39 is 11.9 Å². The molecule has 2 atom stereocenters. The molecule has 1 amide bonds. The molecule has 1 aliphatic rings. The first kappa shape index (κ1) is 66.0. The van der Waals surface area contributed by atoms with E-state index in [-0.39, 0.29) is 42.8 Å². The predicted molar refractivity (Wildman–Crippen MR) is 320 cm³/mol. The monoisotopic (exact) mass is 1240 g/mol. The second-order valence-electron chi connectivity index (χ2n) is 19.0. The van der Waals surface area contributed by atoms with Crippen molar-refractivity contribution < 1.29 is 57.1 Å². The summed E-state index contributed by atoms with van der Waals surface area (Å²) in [5.74, 6) is 1.52. The SMILES string of the molecule is CCCC(NC(=O)/C(C#N)=C/c1cccc(Br)n1)c1ccc(OCC=NOCC(=O)CCCOCCOCCOCCOCCOCCOCCOCCCC(=O)C[C@@H]2N=C(c3ccc(Cl)cc3)c3c(sc(C)c3C)-n3c(C)nnc32)cc1. The van der Waals surface area contributed by atoms with Crippen LogP contribution in [0.5, 0.6) is 5.75 Å². The number of nitriles is 1. The first-order chi connectivity index (χ1) is 40.4. The number of oxime groups is 1. The highest BCUT2D eigenvalue weighted by atomic mass is 79.9. The molecule has 446 valence electrons. The van der Waals surface area contributed by atoms with Gasteiger partial charge < -0.3 is 48.0 Å². The summed E-state index contributed by atoms with van der Waals surface area (Å²) in [4.78, 5) is 54.3. The van der Waals surface area contributed by atoms with Gasteiger partial charge in [0.25, 0.3) is 5.91 Å². The number of hydrogen-bond donors (Lipinski definition) is 1. The number of ketones is 2. The minimum Gasteiger partial charge on any atom is -0.488 e. The first-order valence-electron chi connectivity index (χ1n) is 27.8. The van der Waals surface area contributed by atoms with Crippen LogP contribution in [0.2, 0.25) is 5.02 Å². The van der Waals surface area contributed by atoms with Crippen molar-refractivity contribution in [3.8, 4) is 16.8 Å². The Balaban J connectivity index is 0.678. The lowest BCUT2D eigenvalue weighted by atomic mass is 9.99. The minimum absolute atomic E-state index is 0.0402. The quantitative estimate of drug-likeness (QED) is 0.00956.